The fourth-order valence-electron chi connectivity index (χ4n) is 2.97. The van der Waals surface area contributed by atoms with Gasteiger partial charge in [0.05, 0.1) is 13.2 Å². The Hall–Kier alpha value is 0.620. The predicted octanol–water partition coefficient (Wildman–Crippen LogP) is 2.12. The molecular formula is C16H33IN4OS2. The summed E-state index contributed by atoms with van der Waals surface area (Å²) in [5.41, 5.74) is 0.251. The number of ether oxygens (including phenoxy) is 1. The molecule has 142 valence electrons. The molecule has 0 radical (unpaired) electrons. The Morgan fingerprint density at radius 2 is 2.04 bits per heavy atom. The molecule has 0 aliphatic carbocycles. The Morgan fingerprint density at radius 3 is 2.58 bits per heavy atom. The van der Waals surface area contributed by atoms with Gasteiger partial charge in [-0.15, -0.1) is 24.0 Å². The lowest BCUT2D eigenvalue weighted by Crippen LogP contribution is -2.60. The number of nitrogens with one attached hydrogen (secondary N) is 2. The number of hydrogen-bond acceptors (Lipinski definition) is 5. The number of rotatable bonds is 6. The Labute approximate surface area is 172 Å². The third kappa shape index (κ3) is 6.41. The zero-order chi connectivity index (χ0) is 16.8. The number of guanidine groups is 1. The van der Waals surface area contributed by atoms with E-state index in [9.17, 15) is 0 Å². The van der Waals surface area contributed by atoms with Crippen molar-refractivity contribution >= 4 is 53.5 Å². The van der Waals surface area contributed by atoms with E-state index < -0.39 is 0 Å². The van der Waals surface area contributed by atoms with Crippen LogP contribution in [0.15, 0.2) is 4.99 Å². The second-order valence-electron chi connectivity index (χ2n) is 6.87. The SMILES string of the molecule is CN=C(NCC(C)(C)SC)NCC1(N2CCOCC2)CCSC1.I. The van der Waals surface area contributed by atoms with Gasteiger partial charge in [-0.25, -0.2) is 0 Å². The van der Waals surface area contributed by atoms with Crippen LogP contribution in [0.1, 0.15) is 20.3 Å². The van der Waals surface area contributed by atoms with Crippen molar-refractivity contribution in [3.05, 3.63) is 0 Å². The summed E-state index contributed by atoms with van der Waals surface area (Å²) in [4.78, 5) is 7.03. The van der Waals surface area contributed by atoms with Gasteiger partial charge in [0, 0.05) is 49.3 Å². The molecule has 8 heteroatoms. The highest BCUT2D eigenvalue weighted by Crippen LogP contribution is 2.33. The standard InChI is InChI=1S/C16H32N4OS2.HI/c1-15(2,22-4)11-18-14(17-3)19-12-16(5-10-23-13-16)20-6-8-21-9-7-20;/h5-13H2,1-4H3,(H2,17,18,19);1H. The van der Waals surface area contributed by atoms with Crippen LogP contribution in [0.4, 0.5) is 0 Å². The molecule has 2 aliphatic heterocycles. The molecule has 24 heavy (non-hydrogen) atoms. The average Bonchev–Trinajstić information content (AvgIpc) is 3.06. The number of nitrogens with zero attached hydrogens (tertiary/aromatic N) is 2. The van der Waals surface area contributed by atoms with E-state index in [4.69, 9.17) is 4.74 Å². The molecule has 0 aromatic carbocycles. The zero-order valence-electron chi connectivity index (χ0n) is 15.4. The minimum Gasteiger partial charge on any atom is -0.379 e. The first-order chi connectivity index (χ1) is 11.0. The largest absolute Gasteiger partial charge is 0.379 e. The quantitative estimate of drug-likeness (QED) is 0.340. The normalized spacial score (nSPS) is 26.1. The van der Waals surface area contributed by atoms with Crippen molar-refractivity contribution in [1.29, 1.82) is 0 Å². The summed E-state index contributed by atoms with van der Waals surface area (Å²) in [5, 5.41) is 7.05. The van der Waals surface area contributed by atoms with Crippen LogP contribution in [-0.4, -0.2) is 85.3 Å². The van der Waals surface area contributed by atoms with E-state index >= 15 is 0 Å². The average molecular weight is 489 g/mol. The van der Waals surface area contributed by atoms with E-state index in [1.807, 2.05) is 18.8 Å². The van der Waals surface area contributed by atoms with Crippen molar-refractivity contribution in [3.8, 4) is 0 Å². The third-order valence-electron chi connectivity index (χ3n) is 4.81. The van der Waals surface area contributed by atoms with Crippen LogP contribution in [0.3, 0.4) is 0 Å². The summed E-state index contributed by atoms with van der Waals surface area (Å²) < 4.78 is 5.74. The topological polar surface area (TPSA) is 48.9 Å². The molecule has 2 saturated heterocycles. The first-order valence-electron chi connectivity index (χ1n) is 8.42. The van der Waals surface area contributed by atoms with E-state index in [1.165, 1.54) is 17.9 Å². The summed E-state index contributed by atoms with van der Waals surface area (Å²) in [6.45, 7) is 10.2. The van der Waals surface area contributed by atoms with Gasteiger partial charge in [0.25, 0.3) is 0 Å². The molecule has 1 unspecified atom stereocenters. The van der Waals surface area contributed by atoms with Crippen molar-refractivity contribution in [2.75, 3.05) is 64.2 Å². The smallest absolute Gasteiger partial charge is 0.191 e. The Bertz CT molecular complexity index is 398. The first-order valence-corrected chi connectivity index (χ1v) is 10.8. The molecule has 2 aliphatic rings. The molecule has 2 heterocycles. The van der Waals surface area contributed by atoms with E-state index in [-0.39, 0.29) is 34.3 Å². The lowest BCUT2D eigenvalue weighted by molar-refractivity contribution is -0.0120. The van der Waals surface area contributed by atoms with Gasteiger partial charge in [0.15, 0.2) is 5.96 Å². The van der Waals surface area contributed by atoms with Crippen LogP contribution in [-0.2, 0) is 4.74 Å². The van der Waals surface area contributed by atoms with Crippen LogP contribution in [0.2, 0.25) is 0 Å². The number of aliphatic imine (C=N–C) groups is 1. The highest BCUT2D eigenvalue weighted by atomic mass is 127. The lowest BCUT2D eigenvalue weighted by atomic mass is 9.95. The van der Waals surface area contributed by atoms with Gasteiger partial charge in [0.2, 0.25) is 0 Å². The number of morpholine rings is 1. The number of thioether (sulfide) groups is 2. The Balaban J connectivity index is 0.00000288. The van der Waals surface area contributed by atoms with E-state index in [0.29, 0.717) is 0 Å². The molecular weight excluding hydrogens is 455 g/mol. The van der Waals surface area contributed by atoms with Crippen LogP contribution < -0.4 is 10.6 Å². The second kappa shape index (κ2) is 10.7. The van der Waals surface area contributed by atoms with E-state index in [2.05, 4.69) is 52.4 Å². The van der Waals surface area contributed by atoms with Gasteiger partial charge in [-0.1, -0.05) is 0 Å². The summed E-state index contributed by atoms with van der Waals surface area (Å²) >= 11 is 3.94. The van der Waals surface area contributed by atoms with Crippen LogP contribution >= 0.6 is 47.5 Å². The molecule has 2 fully saturated rings. The van der Waals surface area contributed by atoms with Crippen LogP contribution in [0.5, 0.6) is 0 Å². The number of halogens is 1. The van der Waals surface area contributed by atoms with Gasteiger partial charge in [0.1, 0.15) is 0 Å². The molecule has 0 saturated carbocycles. The summed E-state index contributed by atoms with van der Waals surface area (Å²) in [6.07, 6.45) is 3.40. The minimum atomic E-state index is 0. The van der Waals surface area contributed by atoms with Gasteiger partial charge in [-0.2, -0.15) is 23.5 Å². The van der Waals surface area contributed by atoms with Crippen molar-refractivity contribution in [2.45, 2.75) is 30.6 Å². The Kier molecular flexibility index (Phi) is 10.1. The fraction of sp³-hybridized carbons (Fsp3) is 0.938. The highest BCUT2D eigenvalue weighted by molar-refractivity contribution is 14.0. The Morgan fingerprint density at radius 1 is 1.33 bits per heavy atom. The third-order valence-corrected chi connectivity index (χ3v) is 7.29. The van der Waals surface area contributed by atoms with Gasteiger partial charge in [-0.3, -0.25) is 9.89 Å². The first kappa shape index (κ1) is 22.7. The molecule has 1 atom stereocenters. The summed E-state index contributed by atoms with van der Waals surface area (Å²) in [5.74, 6) is 3.37. The summed E-state index contributed by atoms with van der Waals surface area (Å²) in [6, 6.07) is 0. The molecule has 0 aromatic heterocycles. The molecule has 0 aromatic rings. The monoisotopic (exact) mass is 488 g/mol. The molecule has 0 bridgehead atoms. The van der Waals surface area contributed by atoms with Crippen molar-refractivity contribution in [3.63, 3.8) is 0 Å². The summed E-state index contributed by atoms with van der Waals surface area (Å²) in [7, 11) is 1.85. The van der Waals surface area contributed by atoms with Gasteiger partial charge < -0.3 is 15.4 Å². The van der Waals surface area contributed by atoms with E-state index in [0.717, 1.165) is 45.4 Å². The fourth-order valence-corrected chi connectivity index (χ4v) is 4.67. The molecule has 2 rings (SSSR count). The van der Waals surface area contributed by atoms with Crippen LogP contribution in [0.25, 0.3) is 0 Å². The van der Waals surface area contributed by atoms with Gasteiger partial charge in [-0.05, 0) is 32.3 Å². The number of hydrogen-bond donors (Lipinski definition) is 2. The molecule has 0 spiro atoms. The van der Waals surface area contributed by atoms with Crippen molar-refractivity contribution < 1.29 is 4.74 Å². The maximum atomic E-state index is 5.53. The van der Waals surface area contributed by atoms with E-state index in [1.54, 1.807) is 0 Å². The minimum absolute atomic E-state index is 0. The lowest BCUT2D eigenvalue weighted by Gasteiger charge is -2.43. The maximum absolute atomic E-state index is 5.53. The molecule has 0 amide bonds. The zero-order valence-corrected chi connectivity index (χ0v) is 19.4. The van der Waals surface area contributed by atoms with Crippen molar-refractivity contribution in [1.82, 2.24) is 15.5 Å². The van der Waals surface area contributed by atoms with Gasteiger partial charge >= 0.3 is 0 Å². The second-order valence-corrected chi connectivity index (χ2v) is 9.49. The van der Waals surface area contributed by atoms with Crippen molar-refractivity contribution in [2.24, 2.45) is 4.99 Å². The highest BCUT2D eigenvalue weighted by Gasteiger charge is 2.40. The molecule has 2 N–H and O–H groups in total. The maximum Gasteiger partial charge on any atom is 0.191 e. The predicted molar refractivity (Wildman–Crippen MR) is 119 cm³/mol. The molecule has 5 nitrogen and oxygen atoms in total. The van der Waals surface area contributed by atoms with Crippen LogP contribution in [0, 0.1) is 0 Å².